The van der Waals surface area contributed by atoms with Gasteiger partial charge in [-0.2, -0.15) is 0 Å². The van der Waals surface area contributed by atoms with Gasteiger partial charge in [0.25, 0.3) is 0 Å². The third kappa shape index (κ3) is 5.42. The number of amidine groups is 1. The minimum atomic E-state index is -0.355. The molecule has 2 fully saturated rings. The van der Waals surface area contributed by atoms with Gasteiger partial charge in [-0.25, -0.2) is 0 Å². The van der Waals surface area contributed by atoms with Crippen molar-refractivity contribution in [2.45, 2.75) is 70.7 Å². The number of nitrogens with one attached hydrogen (secondary N) is 1. The first-order chi connectivity index (χ1) is 17.4. The number of rotatable bonds is 10. The van der Waals surface area contributed by atoms with Crippen molar-refractivity contribution in [2.75, 3.05) is 33.4 Å². The lowest BCUT2D eigenvalue weighted by molar-refractivity contribution is -0.146. The topological polar surface area (TPSA) is 114 Å². The number of carbonyl (C=O) groups is 2. The summed E-state index contributed by atoms with van der Waals surface area (Å²) in [6.07, 6.45) is 4.28. The van der Waals surface area contributed by atoms with E-state index in [0.29, 0.717) is 19.6 Å². The van der Waals surface area contributed by atoms with Gasteiger partial charge in [-0.15, -0.1) is 0 Å². The number of hydrogen-bond donors (Lipinski definition) is 2. The Morgan fingerprint density at radius 1 is 1.22 bits per heavy atom. The molecule has 1 aromatic carbocycles. The number of nitrogen functional groups attached to an aromatic ring is 1. The molecule has 0 bridgehead atoms. The summed E-state index contributed by atoms with van der Waals surface area (Å²) in [5, 5.41) is 8.90. The Kier molecular flexibility index (Phi) is 8.31. The summed E-state index contributed by atoms with van der Waals surface area (Å²) in [6, 6.07) is 7.94. The molecule has 4 rings (SSSR count). The molecule has 36 heavy (non-hydrogen) atoms. The van der Waals surface area contributed by atoms with Crippen LogP contribution in [-0.2, 0) is 32.0 Å². The number of esters is 1. The fourth-order valence-electron chi connectivity index (χ4n) is 5.83. The normalized spacial score (nSPS) is 22.4. The van der Waals surface area contributed by atoms with E-state index in [0.717, 1.165) is 55.2 Å². The van der Waals surface area contributed by atoms with Crippen LogP contribution >= 0.6 is 0 Å². The molecular formula is C27H39N5O4. The van der Waals surface area contributed by atoms with Crippen LogP contribution in [0.25, 0.3) is 10.9 Å². The average Bonchev–Trinajstić information content (AvgIpc) is 3.58. The van der Waals surface area contributed by atoms with Crippen molar-refractivity contribution in [1.29, 1.82) is 5.41 Å². The lowest BCUT2D eigenvalue weighted by Crippen LogP contribution is -2.48. The Labute approximate surface area is 213 Å². The average molecular weight is 498 g/mol. The second-order valence-corrected chi connectivity index (χ2v) is 9.78. The number of aromatic nitrogens is 1. The second-order valence-electron chi connectivity index (χ2n) is 9.78. The number of carbonyl (C=O) groups excluding carboxylic acids is 2. The highest BCUT2D eigenvalue weighted by Crippen LogP contribution is 2.29. The SMILES string of the molecule is CCOC(=O)CN1C[C@H](OC)C[C@@H]1C(=O)N1CCC[C@H]1CCc1cc2ccc(C(=N)N)cc2n1CC. The summed E-state index contributed by atoms with van der Waals surface area (Å²) in [5.74, 6) is -0.129. The fraction of sp³-hybridized carbons (Fsp3) is 0.593. The van der Waals surface area contributed by atoms with E-state index in [-0.39, 0.29) is 42.4 Å². The van der Waals surface area contributed by atoms with E-state index in [1.807, 2.05) is 28.0 Å². The predicted octanol–water partition coefficient (Wildman–Crippen LogP) is 2.52. The van der Waals surface area contributed by atoms with Gasteiger partial charge >= 0.3 is 5.97 Å². The Hall–Kier alpha value is -2.91. The Morgan fingerprint density at radius 3 is 2.72 bits per heavy atom. The third-order valence-corrected chi connectivity index (χ3v) is 7.63. The van der Waals surface area contributed by atoms with Gasteiger partial charge in [-0.3, -0.25) is 19.9 Å². The maximum atomic E-state index is 13.7. The Bertz CT molecular complexity index is 1110. The molecule has 0 radical (unpaired) electrons. The summed E-state index contributed by atoms with van der Waals surface area (Å²) >= 11 is 0. The third-order valence-electron chi connectivity index (χ3n) is 7.63. The monoisotopic (exact) mass is 497 g/mol. The molecule has 3 heterocycles. The van der Waals surface area contributed by atoms with Crippen LogP contribution in [0.3, 0.4) is 0 Å². The van der Waals surface area contributed by atoms with Gasteiger partial charge in [0.1, 0.15) is 5.84 Å². The van der Waals surface area contributed by atoms with Crippen molar-refractivity contribution in [2.24, 2.45) is 5.73 Å². The minimum absolute atomic E-state index is 0.0606. The summed E-state index contributed by atoms with van der Waals surface area (Å²) < 4.78 is 13.0. The van der Waals surface area contributed by atoms with Crippen molar-refractivity contribution in [3.8, 4) is 0 Å². The molecule has 2 aromatic rings. The number of aryl methyl sites for hydroxylation is 2. The number of nitrogens with zero attached hydrogens (tertiary/aromatic N) is 3. The molecule has 3 atom stereocenters. The van der Waals surface area contributed by atoms with E-state index in [1.165, 1.54) is 5.69 Å². The van der Waals surface area contributed by atoms with Crippen LogP contribution in [0.15, 0.2) is 24.3 Å². The first-order valence-corrected chi connectivity index (χ1v) is 13.1. The molecule has 0 spiro atoms. The highest BCUT2D eigenvalue weighted by molar-refractivity contribution is 5.98. The second kappa shape index (κ2) is 11.4. The number of methoxy groups -OCH3 is 1. The number of benzene rings is 1. The molecule has 9 nitrogen and oxygen atoms in total. The molecule has 2 aliphatic rings. The van der Waals surface area contributed by atoms with Gasteiger partial charge in [-0.1, -0.05) is 12.1 Å². The maximum Gasteiger partial charge on any atom is 0.320 e. The molecule has 0 aliphatic carbocycles. The van der Waals surface area contributed by atoms with Crippen molar-refractivity contribution in [1.82, 2.24) is 14.4 Å². The van der Waals surface area contributed by atoms with Gasteiger partial charge in [0.15, 0.2) is 0 Å². The molecule has 2 saturated heterocycles. The molecule has 9 heteroatoms. The van der Waals surface area contributed by atoms with Gasteiger partial charge in [-0.05, 0) is 63.5 Å². The van der Waals surface area contributed by atoms with Gasteiger partial charge in [0.2, 0.25) is 5.91 Å². The zero-order valence-corrected chi connectivity index (χ0v) is 21.7. The van der Waals surface area contributed by atoms with E-state index in [2.05, 4.69) is 17.6 Å². The standard InChI is InChI=1S/C27H39N5O4/c1-4-31-21(13-18-8-9-19(26(28)29)14-23(18)31)11-10-20-7-6-12-32(20)27(34)24-15-22(35-3)16-30(24)17-25(33)36-5-2/h8-9,13-14,20,22,24H,4-7,10-12,15-17H2,1-3H3,(H3,28,29)/t20-,22+,24+/m0/s1. The lowest BCUT2D eigenvalue weighted by atomic mass is 10.1. The van der Waals surface area contributed by atoms with E-state index in [1.54, 1.807) is 14.0 Å². The Morgan fingerprint density at radius 2 is 2.03 bits per heavy atom. The Balaban J connectivity index is 1.46. The first kappa shape index (κ1) is 26.2. The molecule has 1 aromatic heterocycles. The van der Waals surface area contributed by atoms with Crippen LogP contribution in [0.4, 0.5) is 0 Å². The van der Waals surface area contributed by atoms with Crippen molar-refractivity contribution < 1.29 is 19.1 Å². The summed E-state index contributed by atoms with van der Waals surface area (Å²) in [6.45, 7) is 6.50. The molecule has 3 N–H and O–H groups in total. The van der Waals surface area contributed by atoms with Gasteiger partial charge < -0.3 is 24.7 Å². The number of ether oxygens (including phenoxy) is 2. The zero-order chi connectivity index (χ0) is 25.8. The van der Waals surface area contributed by atoms with Crippen molar-refractivity contribution >= 4 is 28.6 Å². The molecule has 1 amide bonds. The van der Waals surface area contributed by atoms with Gasteiger partial charge in [0, 0.05) is 49.6 Å². The van der Waals surface area contributed by atoms with Crippen LogP contribution in [0.1, 0.15) is 50.8 Å². The highest BCUT2D eigenvalue weighted by Gasteiger charge is 2.42. The molecule has 0 saturated carbocycles. The summed E-state index contributed by atoms with van der Waals surface area (Å²) in [7, 11) is 1.66. The van der Waals surface area contributed by atoms with Crippen LogP contribution in [0, 0.1) is 5.41 Å². The summed E-state index contributed by atoms with van der Waals surface area (Å²) in [4.78, 5) is 29.8. The van der Waals surface area contributed by atoms with E-state index < -0.39 is 0 Å². The molecule has 196 valence electrons. The van der Waals surface area contributed by atoms with Crippen molar-refractivity contribution in [3.63, 3.8) is 0 Å². The largest absolute Gasteiger partial charge is 0.465 e. The fourth-order valence-corrected chi connectivity index (χ4v) is 5.83. The van der Waals surface area contributed by atoms with Crippen LogP contribution < -0.4 is 5.73 Å². The number of amides is 1. The number of likely N-dealkylation sites (tertiary alicyclic amines) is 2. The molecule has 2 aliphatic heterocycles. The number of hydrogen-bond acceptors (Lipinski definition) is 6. The molecule has 0 unspecified atom stereocenters. The number of fused-ring (bicyclic) bond motifs is 1. The van der Waals surface area contributed by atoms with Crippen LogP contribution in [0.5, 0.6) is 0 Å². The lowest BCUT2D eigenvalue weighted by Gasteiger charge is -2.31. The van der Waals surface area contributed by atoms with E-state index in [4.69, 9.17) is 20.6 Å². The first-order valence-electron chi connectivity index (χ1n) is 13.1. The van der Waals surface area contributed by atoms with Crippen molar-refractivity contribution in [3.05, 3.63) is 35.5 Å². The minimum Gasteiger partial charge on any atom is -0.465 e. The predicted molar refractivity (Wildman–Crippen MR) is 139 cm³/mol. The quantitative estimate of drug-likeness (QED) is 0.296. The van der Waals surface area contributed by atoms with E-state index in [9.17, 15) is 9.59 Å². The number of nitrogens with two attached hydrogens (primary N) is 1. The maximum absolute atomic E-state index is 13.7. The van der Waals surface area contributed by atoms with Crippen LogP contribution in [-0.4, -0.2) is 83.6 Å². The molecular weight excluding hydrogens is 458 g/mol. The summed E-state index contributed by atoms with van der Waals surface area (Å²) in [5.41, 5.74) is 8.76. The zero-order valence-electron chi connectivity index (χ0n) is 21.7. The van der Waals surface area contributed by atoms with E-state index >= 15 is 0 Å². The smallest absolute Gasteiger partial charge is 0.320 e. The van der Waals surface area contributed by atoms with Gasteiger partial charge in [0.05, 0.1) is 25.3 Å². The van der Waals surface area contributed by atoms with Crippen LogP contribution in [0.2, 0.25) is 0 Å². The highest BCUT2D eigenvalue weighted by atomic mass is 16.5.